The number of hydrogen-bond acceptors (Lipinski definition) is 3. The number of rotatable bonds is 1. The van der Waals surface area contributed by atoms with Crippen LogP contribution in [0.3, 0.4) is 0 Å². The molecule has 0 aromatic heterocycles. The number of hydrogen-bond donors (Lipinski definition) is 2. The maximum atomic E-state index is 12.9. The highest BCUT2D eigenvalue weighted by molar-refractivity contribution is 5.90. The zero-order chi connectivity index (χ0) is 15.5. The molecule has 1 aliphatic heterocycles. The van der Waals surface area contributed by atoms with Crippen molar-refractivity contribution >= 4 is 11.7 Å². The molecular weight excluding hydrogens is 285 g/mol. The van der Waals surface area contributed by atoms with Gasteiger partial charge in [-0.2, -0.15) is 18.4 Å². The van der Waals surface area contributed by atoms with Gasteiger partial charge in [0.25, 0.3) is 0 Å². The van der Waals surface area contributed by atoms with Gasteiger partial charge in [-0.15, -0.1) is 0 Å². The molecule has 1 aliphatic rings. The number of halogens is 3. The summed E-state index contributed by atoms with van der Waals surface area (Å²) in [5.74, 6) is 0. The number of para-hydroxylation sites is 1. The number of benzene rings is 1. The minimum Gasteiger partial charge on any atom is -0.312 e. The van der Waals surface area contributed by atoms with Gasteiger partial charge in [0.05, 0.1) is 17.3 Å². The Labute approximate surface area is 119 Å². The Morgan fingerprint density at radius 1 is 1.43 bits per heavy atom. The quantitative estimate of drug-likeness (QED) is 0.833. The lowest BCUT2D eigenvalue weighted by Crippen LogP contribution is -2.54. The Balaban J connectivity index is 2.18. The number of nitrogens with one attached hydrogen (secondary N) is 2. The predicted molar refractivity (Wildman–Crippen MR) is 69.4 cm³/mol. The maximum Gasteiger partial charge on any atom is 0.418 e. The predicted octanol–water partition coefficient (Wildman–Crippen LogP) is 2.03. The molecule has 1 aromatic carbocycles. The van der Waals surface area contributed by atoms with E-state index < -0.39 is 23.8 Å². The molecule has 2 rings (SSSR count). The molecule has 1 aromatic rings. The fraction of sp³-hybridized carbons (Fsp3) is 0.385. The summed E-state index contributed by atoms with van der Waals surface area (Å²) in [5, 5.41) is 14.2. The first-order chi connectivity index (χ1) is 9.93. The highest BCUT2D eigenvalue weighted by Gasteiger charge is 2.34. The fourth-order valence-electron chi connectivity index (χ4n) is 2.09. The first kappa shape index (κ1) is 15.1. The molecule has 2 N–H and O–H groups in total. The van der Waals surface area contributed by atoms with Crippen molar-refractivity contribution in [3.05, 3.63) is 29.8 Å². The zero-order valence-electron chi connectivity index (χ0n) is 10.9. The Morgan fingerprint density at radius 3 is 2.81 bits per heavy atom. The number of urea groups is 1. The van der Waals surface area contributed by atoms with E-state index in [9.17, 15) is 18.0 Å². The van der Waals surface area contributed by atoms with Crippen LogP contribution in [0.25, 0.3) is 0 Å². The van der Waals surface area contributed by atoms with E-state index in [1.807, 2.05) is 6.07 Å². The van der Waals surface area contributed by atoms with Gasteiger partial charge in [0.2, 0.25) is 0 Å². The van der Waals surface area contributed by atoms with E-state index in [-0.39, 0.29) is 12.2 Å². The van der Waals surface area contributed by atoms with Gasteiger partial charge in [-0.1, -0.05) is 12.1 Å². The molecule has 0 bridgehead atoms. The summed E-state index contributed by atoms with van der Waals surface area (Å²) in [6, 6.07) is 5.28. The Bertz CT molecular complexity index is 567. The van der Waals surface area contributed by atoms with Crippen molar-refractivity contribution < 1.29 is 18.0 Å². The molecule has 1 saturated heterocycles. The van der Waals surface area contributed by atoms with Crippen LogP contribution in [-0.4, -0.2) is 36.6 Å². The minimum atomic E-state index is -4.55. The summed E-state index contributed by atoms with van der Waals surface area (Å²) in [6.45, 7) is 1.05. The molecule has 5 nitrogen and oxygen atoms in total. The van der Waals surface area contributed by atoms with Crippen molar-refractivity contribution in [2.75, 3.05) is 25.0 Å². The topological polar surface area (TPSA) is 68.2 Å². The molecule has 8 heteroatoms. The first-order valence-corrected chi connectivity index (χ1v) is 6.27. The first-order valence-electron chi connectivity index (χ1n) is 6.27. The minimum absolute atomic E-state index is 0.262. The number of amides is 2. The lowest BCUT2D eigenvalue weighted by atomic mass is 10.1. The molecular formula is C13H13F3N4O. The normalized spacial score (nSPS) is 19.0. The van der Waals surface area contributed by atoms with E-state index in [1.54, 1.807) is 0 Å². The van der Waals surface area contributed by atoms with Gasteiger partial charge in [-0.25, -0.2) is 4.79 Å². The van der Waals surface area contributed by atoms with Crippen LogP contribution in [-0.2, 0) is 6.18 Å². The van der Waals surface area contributed by atoms with Crippen LogP contribution in [0.1, 0.15) is 5.56 Å². The number of carbonyl (C=O) groups is 1. The molecule has 0 spiro atoms. The Hall–Kier alpha value is -2.27. The zero-order valence-corrected chi connectivity index (χ0v) is 10.9. The van der Waals surface area contributed by atoms with Crippen molar-refractivity contribution in [2.24, 2.45) is 0 Å². The Morgan fingerprint density at radius 2 is 2.14 bits per heavy atom. The lowest BCUT2D eigenvalue weighted by Gasteiger charge is -2.32. The number of piperazine rings is 1. The number of nitriles is 1. The second-order valence-corrected chi connectivity index (χ2v) is 4.52. The van der Waals surface area contributed by atoms with Crippen molar-refractivity contribution in [2.45, 2.75) is 12.2 Å². The Kier molecular flexibility index (Phi) is 4.33. The molecule has 21 heavy (non-hydrogen) atoms. The van der Waals surface area contributed by atoms with Gasteiger partial charge in [-0.05, 0) is 12.1 Å². The molecule has 0 saturated carbocycles. The molecule has 112 valence electrons. The van der Waals surface area contributed by atoms with E-state index in [0.717, 1.165) is 6.07 Å². The molecule has 0 aliphatic carbocycles. The van der Waals surface area contributed by atoms with Gasteiger partial charge in [0, 0.05) is 19.6 Å². The number of anilines is 1. The third kappa shape index (κ3) is 3.44. The number of carbonyl (C=O) groups excluding carboxylic acids is 1. The van der Waals surface area contributed by atoms with Crippen LogP contribution in [0.5, 0.6) is 0 Å². The largest absolute Gasteiger partial charge is 0.418 e. The molecule has 1 heterocycles. The van der Waals surface area contributed by atoms with Crippen LogP contribution in [0.4, 0.5) is 23.7 Å². The second kappa shape index (κ2) is 6.01. The molecule has 0 radical (unpaired) electrons. The summed E-state index contributed by atoms with van der Waals surface area (Å²) in [7, 11) is 0. The molecule has 1 atom stereocenters. The van der Waals surface area contributed by atoms with Crippen molar-refractivity contribution in [3.63, 3.8) is 0 Å². The van der Waals surface area contributed by atoms with E-state index in [1.165, 1.54) is 23.1 Å². The highest BCUT2D eigenvalue weighted by atomic mass is 19.4. The van der Waals surface area contributed by atoms with Gasteiger partial charge < -0.3 is 15.5 Å². The van der Waals surface area contributed by atoms with Gasteiger partial charge in [0.1, 0.15) is 6.04 Å². The smallest absolute Gasteiger partial charge is 0.312 e. The summed E-state index contributed by atoms with van der Waals surface area (Å²) in [5.41, 5.74) is -1.23. The van der Waals surface area contributed by atoms with Crippen molar-refractivity contribution in [1.29, 1.82) is 5.26 Å². The standard InChI is InChI=1S/C13H13F3N4O/c14-13(15,16)10-3-1-2-4-11(10)19-12(21)20-6-5-18-8-9(20)7-17/h1-4,9,18H,5-6,8H2,(H,19,21). The average Bonchev–Trinajstić information content (AvgIpc) is 2.46. The molecule has 1 fully saturated rings. The van der Waals surface area contributed by atoms with Crippen LogP contribution in [0, 0.1) is 11.3 Å². The van der Waals surface area contributed by atoms with Crippen molar-refractivity contribution in [3.8, 4) is 6.07 Å². The monoisotopic (exact) mass is 298 g/mol. The summed E-state index contributed by atoms with van der Waals surface area (Å²) < 4.78 is 38.6. The second-order valence-electron chi connectivity index (χ2n) is 4.52. The summed E-state index contributed by atoms with van der Waals surface area (Å²) in [6.07, 6.45) is -4.55. The van der Waals surface area contributed by atoms with E-state index in [2.05, 4.69) is 10.6 Å². The van der Waals surface area contributed by atoms with E-state index >= 15 is 0 Å². The highest BCUT2D eigenvalue weighted by Crippen LogP contribution is 2.34. The SMILES string of the molecule is N#CC1CNCCN1C(=O)Nc1ccccc1C(F)(F)F. The van der Waals surface area contributed by atoms with Crippen LogP contribution >= 0.6 is 0 Å². The van der Waals surface area contributed by atoms with E-state index in [4.69, 9.17) is 5.26 Å². The fourth-order valence-corrected chi connectivity index (χ4v) is 2.09. The van der Waals surface area contributed by atoms with Gasteiger partial charge >= 0.3 is 12.2 Å². The van der Waals surface area contributed by atoms with Crippen LogP contribution in [0.15, 0.2) is 24.3 Å². The van der Waals surface area contributed by atoms with Crippen LogP contribution in [0.2, 0.25) is 0 Å². The van der Waals surface area contributed by atoms with Crippen LogP contribution < -0.4 is 10.6 Å². The van der Waals surface area contributed by atoms with Crippen molar-refractivity contribution in [1.82, 2.24) is 10.2 Å². The number of nitrogens with zero attached hydrogens (tertiary/aromatic N) is 2. The molecule has 1 unspecified atom stereocenters. The maximum absolute atomic E-state index is 12.9. The lowest BCUT2D eigenvalue weighted by molar-refractivity contribution is -0.136. The van der Waals surface area contributed by atoms with Gasteiger partial charge in [-0.3, -0.25) is 0 Å². The summed E-state index contributed by atoms with van der Waals surface area (Å²) in [4.78, 5) is 13.3. The molecule has 2 amide bonds. The summed E-state index contributed by atoms with van der Waals surface area (Å²) >= 11 is 0. The number of alkyl halides is 3. The average molecular weight is 298 g/mol. The van der Waals surface area contributed by atoms with E-state index in [0.29, 0.717) is 13.1 Å². The van der Waals surface area contributed by atoms with Gasteiger partial charge in [0.15, 0.2) is 0 Å². The third-order valence-electron chi connectivity index (χ3n) is 3.13. The third-order valence-corrected chi connectivity index (χ3v) is 3.13.